The number of H-pyrrole nitrogens is 1. The van der Waals surface area contributed by atoms with Crippen LogP contribution in [0, 0.1) is 0 Å². The summed E-state index contributed by atoms with van der Waals surface area (Å²) in [7, 11) is 6.83. The molecule has 0 bridgehead atoms. The number of ether oxygens (including phenoxy) is 3. The molecule has 23 heavy (non-hydrogen) atoms. The molecular weight excluding hydrogens is 298 g/mol. The Hall–Kier alpha value is -2.70. The molecule has 0 saturated heterocycles. The molecule has 1 aromatic heterocycles. The second kappa shape index (κ2) is 7.04. The predicted octanol–water partition coefficient (Wildman–Crippen LogP) is 2.58. The zero-order valence-electron chi connectivity index (χ0n) is 14.0. The average Bonchev–Trinajstić information content (AvgIpc) is 2.89. The van der Waals surface area contributed by atoms with Crippen molar-refractivity contribution in [3.63, 3.8) is 0 Å². The number of hydrogen-bond donors (Lipinski definition) is 1. The number of rotatable bonds is 6. The van der Waals surface area contributed by atoms with Crippen LogP contribution in [0.5, 0.6) is 11.5 Å². The van der Waals surface area contributed by atoms with E-state index in [0.29, 0.717) is 22.9 Å². The third-order valence-corrected chi connectivity index (χ3v) is 3.17. The van der Waals surface area contributed by atoms with E-state index < -0.39 is 5.97 Å². The first-order valence-electron chi connectivity index (χ1n) is 7.17. The Kier molecular flexibility index (Phi) is 5.10. The highest BCUT2D eigenvalue weighted by atomic mass is 16.5. The molecule has 0 aliphatic carbocycles. The maximum atomic E-state index is 12.2. The van der Waals surface area contributed by atoms with Crippen molar-refractivity contribution in [2.75, 3.05) is 34.9 Å². The van der Waals surface area contributed by atoms with Crippen LogP contribution in [0.4, 0.5) is 5.69 Å². The summed E-state index contributed by atoms with van der Waals surface area (Å²) in [5, 5.41) is 0.754. The smallest absolute Gasteiger partial charge is 0.357 e. The highest BCUT2D eigenvalue weighted by molar-refractivity contribution is 6.06. The Morgan fingerprint density at radius 1 is 1.26 bits per heavy atom. The number of aromatic nitrogens is 1. The lowest BCUT2D eigenvalue weighted by molar-refractivity contribution is 0.0521. The molecule has 0 atom stereocenters. The lowest BCUT2D eigenvalue weighted by Crippen LogP contribution is -2.08. The summed E-state index contributed by atoms with van der Waals surface area (Å²) in [5.41, 5.74) is 1.53. The normalized spacial score (nSPS) is 11.0. The topological polar surface area (TPSA) is 76.2 Å². The Morgan fingerprint density at radius 2 is 1.91 bits per heavy atom. The third-order valence-electron chi connectivity index (χ3n) is 3.17. The van der Waals surface area contributed by atoms with Crippen molar-refractivity contribution in [1.82, 2.24) is 9.88 Å². The number of nitrogens with zero attached hydrogens (tertiary/aromatic N) is 2. The molecule has 1 N–H and O–H groups in total. The predicted molar refractivity (Wildman–Crippen MR) is 89.2 cm³/mol. The molecule has 1 aromatic carbocycles. The van der Waals surface area contributed by atoms with Crippen molar-refractivity contribution in [3.8, 4) is 11.5 Å². The van der Waals surface area contributed by atoms with Crippen LogP contribution in [-0.4, -0.2) is 57.1 Å². The molecule has 7 nitrogen and oxygen atoms in total. The summed E-state index contributed by atoms with van der Waals surface area (Å²) in [4.78, 5) is 21.4. The lowest BCUT2D eigenvalue weighted by atomic mass is 10.2. The first-order valence-corrected chi connectivity index (χ1v) is 7.17. The van der Waals surface area contributed by atoms with Gasteiger partial charge in [-0.25, -0.2) is 9.79 Å². The fourth-order valence-electron chi connectivity index (χ4n) is 2.17. The van der Waals surface area contributed by atoms with Gasteiger partial charge in [-0.2, -0.15) is 0 Å². The van der Waals surface area contributed by atoms with E-state index >= 15 is 0 Å². The highest BCUT2D eigenvalue weighted by Crippen LogP contribution is 2.38. The molecule has 0 aliphatic heterocycles. The van der Waals surface area contributed by atoms with Crippen molar-refractivity contribution in [3.05, 3.63) is 17.8 Å². The molecule has 0 spiro atoms. The van der Waals surface area contributed by atoms with Crippen molar-refractivity contribution in [2.24, 2.45) is 4.99 Å². The Bertz CT molecular complexity index is 734. The van der Waals surface area contributed by atoms with Crippen LogP contribution in [0.1, 0.15) is 17.4 Å². The summed E-state index contributed by atoms with van der Waals surface area (Å²) in [6.07, 6.45) is 1.63. The van der Waals surface area contributed by atoms with Crippen molar-refractivity contribution >= 4 is 28.9 Å². The van der Waals surface area contributed by atoms with Crippen LogP contribution < -0.4 is 9.47 Å². The minimum atomic E-state index is -0.451. The lowest BCUT2D eigenvalue weighted by Gasteiger charge is -2.07. The van der Waals surface area contributed by atoms with E-state index in [0.717, 1.165) is 10.9 Å². The van der Waals surface area contributed by atoms with Gasteiger partial charge < -0.3 is 24.1 Å². The van der Waals surface area contributed by atoms with Gasteiger partial charge in [-0.15, -0.1) is 0 Å². The highest BCUT2D eigenvalue weighted by Gasteiger charge is 2.20. The fraction of sp³-hybridized carbons (Fsp3) is 0.375. The molecule has 124 valence electrons. The van der Waals surface area contributed by atoms with Gasteiger partial charge in [0.2, 0.25) is 0 Å². The Labute approximate surface area is 134 Å². The van der Waals surface area contributed by atoms with Crippen LogP contribution in [0.25, 0.3) is 10.9 Å². The SMILES string of the molecule is CCOC(=O)c1[nH]c2cc(OC)c(OC)cc2c1N=CN(C)C. The number of fused-ring (bicyclic) bond motifs is 1. The minimum absolute atomic E-state index is 0.289. The second-order valence-corrected chi connectivity index (χ2v) is 5.03. The van der Waals surface area contributed by atoms with Crippen molar-refractivity contribution in [2.45, 2.75) is 6.92 Å². The van der Waals surface area contributed by atoms with Gasteiger partial charge in [-0.3, -0.25) is 0 Å². The molecular formula is C16H21N3O4. The van der Waals surface area contributed by atoms with E-state index in [2.05, 4.69) is 9.98 Å². The van der Waals surface area contributed by atoms with Gasteiger partial charge in [-0.05, 0) is 13.0 Å². The fourth-order valence-corrected chi connectivity index (χ4v) is 2.17. The molecule has 0 unspecified atom stereocenters. The maximum absolute atomic E-state index is 12.2. The van der Waals surface area contributed by atoms with Crippen molar-refractivity contribution < 1.29 is 19.0 Å². The Morgan fingerprint density at radius 3 is 2.48 bits per heavy atom. The summed E-state index contributed by atoms with van der Waals surface area (Å²) < 4.78 is 15.7. The molecule has 1 heterocycles. The zero-order chi connectivity index (χ0) is 17.0. The van der Waals surface area contributed by atoms with Crippen LogP contribution in [0.3, 0.4) is 0 Å². The molecule has 7 heteroatoms. The van der Waals surface area contributed by atoms with Gasteiger partial charge in [0.05, 0.1) is 32.7 Å². The van der Waals surface area contributed by atoms with Gasteiger partial charge >= 0.3 is 5.97 Å². The van der Waals surface area contributed by atoms with Crippen LogP contribution in [0.2, 0.25) is 0 Å². The van der Waals surface area contributed by atoms with Crippen LogP contribution >= 0.6 is 0 Å². The number of carbonyl (C=O) groups excluding carboxylic acids is 1. The average molecular weight is 319 g/mol. The van der Waals surface area contributed by atoms with Crippen LogP contribution in [0.15, 0.2) is 17.1 Å². The number of benzene rings is 1. The Balaban J connectivity index is 2.68. The largest absolute Gasteiger partial charge is 0.493 e. The van der Waals surface area contributed by atoms with E-state index in [-0.39, 0.29) is 6.61 Å². The number of nitrogens with one attached hydrogen (secondary N) is 1. The summed E-state index contributed by atoms with van der Waals surface area (Å²) in [6, 6.07) is 3.56. The summed E-state index contributed by atoms with van der Waals surface area (Å²) in [6.45, 7) is 2.05. The summed E-state index contributed by atoms with van der Waals surface area (Å²) >= 11 is 0. The van der Waals surface area contributed by atoms with Gasteiger partial charge in [0, 0.05) is 25.5 Å². The quantitative estimate of drug-likeness (QED) is 0.503. The third kappa shape index (κ3) is 3.39. The number of esters is 1. The number of aromatic amines is 1. The maximum Gasteiger partial charge on any atom is 0.357 e. The summed E-state index contributed by atoms with van der Waals surface area (Å²) in [5.74, 6) is 0.683. The monoisotopic (exact) mass is 319 g/mol. The minimum Gasteiger partial charge on any atom is -0.493 e. The second-order valence-electron chi connectivity index (χ2n) is 5.03. The molecule has 0 radical (unpaired) electrons. The molecule has 2 aromatic rings. The molecule has 2 rings (SSSR count). The van der Waals surface area contributed by atoms with E-state index in [1.165, 1.54) is 0 Å². The first kappa shape index (κ1) is 16.7. The van der Waals surface area contributed by atoms with E-state index in [1.54, 1.807) is 44.5 Å². The van der Waals surface area contributed by atoms with E-state index in [9.17, 15) is 4.79 Å². The molecule has 0 amide bonds. The molecule has 0 saturated carbocycles. The molecule has 0 aliphatic rings. The van der Waals surface area contributed by atoms with Gasteiger partial charge in [0.15, 0.2) is 17.2 Å². The number of aliphatic imine (C=N–C) groups is 1. The number of hydrogen-bond acceptors (Lipinski definition) is 5. The van der Waals surface area contributed by atoms with Gasteiger partial charge in [0.25, 0.3) is 0 Å². The van der Waals surface area contributed by atoms with E-state index in [4.69, 9.17) is 14.2 Å². The van der Waals surface area contributed by atoms with Gasteiger partial charge in [-0.1, -0.05) is 0 Å². The van der Waals surface area contributed by atoms with Gasteiger partial charge in [0.1, 0.15) is 5.69 Å². The number of carbonyl (C=O) groups is 1. The first-order chi connectivity index (χ1) is 11.0. The van der Waals surface area contributed by atoms with Crippen LogP contribution in [-0.2, 0) is 4.74 Å². The zero-order valence-corrected chi connectivity index (χ0v) is 14.0. The van der Waals surface area contributed by atoms with E-state index in [1.807, 2.05) is 14.1 Å². The number of methoxy groups -OCH3 is 2. The standard InChI is InChI=1S/C16H21N3O4/c1-6-23-16(20)15-14(17-9-19(2)3)10-7-12(21-4)13(22-5)8-11(10)18-15/h7-9,18H,6H2,1-5H3. The molecule has 0 fully saturated rings. The van der Waals surface area contributed by atoms with Crippen molar-refractivity contribution in [1.29, 1.82) is 0 Å².